The fourth-order valence-electron chi connectivity index (χ4n) is 3.06. The Labute approximate surface area is 158 Å². The molecular weight excluding hydrogens is 405 g/mol. The highest BCUT2D eigenvalue weighted by Crippen LogP contribution is 2.28. The van der Waals surface area contributed by atoms with E-state index in [1.807, 2.05) is 0 Å². The summed E-state index contributed by atoms with van der Waals surface area (Å²) >= 11 is 3.20. The monoisotopic (exact) mass is 423 g/mol. The molecule has 0 bridgehead atoms. The number of nitrogens with zero attached hydrogens (tertiary/aromatic N) is 1. The van der Waals surface area contributed by atoms with Crippen molar-refractivity contribution in [3.05, 3.63) is 56.2 Å². The van der Waals surface area contributed by atoms with Gasteiger partial charge in [-0.2, -0.15) is 0 Å². The molecule has 0 unspecified atom stereocenters. The summed E-state index contributed by atoms with van der Waals surface area (Å²) < 4.78 is 16.4. The maximum absolute atomic E-state index is 14.2. The Kier molecular flexibility index (Phi) is 5.73. The van der Waals surface area contributed by atoms with Crippen molar-refractivity contribution in [3.8, 4) is 0 Å². The van der Waals surface area contributed by atoms with Gasteiger partial charge in [0.25, 0.3) is 11.5 Å². The largest absolute Gasteiger partial charge is 0.396 e. The Morgan fingerprint density at radius 2 is 2.12 bits per heavy atom. The minimum atomic E-state index is -0.494. The first-order chi connectivity index (χ1) is 12.5. The fraction of sp³-hybridized carbons (Fsp3) is 0.333. The lowest BCUT2D eigenvalue weighted by molar-refractivity contribution is 0.0950. The summed E-state index contributed by atoms with van der Waals surface area (Å²) in [6, 6.07) is 5.85. The number of halogens is 2. The Morgan fingerprint density at radius 1 is 1.31 bits per heavy atom. The lowest BCUT2D eigenvalue weighted by Crippen LogP contribution is -2.30. The third-order valence-electron chi connectivity index (χ3n) is 4.26. The summed E-state index contributed by atoms with van der Waals surface area (Å²) in [7, 11) is 0. The van der Waals surface area contributed by atoms with Gasteiger partial charge in [0, 0.05) is 35.9 Å². The topological polar surface area (TPSA) is 83.4 Å². The highest BCUT2D eigenvalue weighted by molar-refractivity contribution is 9.10. The molecule has 0 atom stereocenters. The summed E-state index contributed by atoms with van der Waals surface area (Å²) in [6.07, 6.45) is 1.82. The highest BCUT2D eigenvalue weighted by Gasteiger charge is 2.24. The second-order valence-corrected chi connectivity index (χ2v) is 6.97. The van der Waals surface area contributed by atoms with E-state index < -0.39 is 5.82 Å². The third kappa shape index (κ3) is 3.81. The number of benzene rings is 1. The smallest absolute Gasteiger partial charge is 0.255 e. The number of carbonyl (C=O) groups is 1. The molecule has 6 nitrogen and oxygen atoms in total. The lowest BCUT2D eigenvalue weighted by Gasteiger charge is -2.17. The van der Waals surface area contributed by atoms with Gasteiger partial charge in [0.1, 0.15) is 5.82 Å². The van der Waals surface area contributed by atoms with E-state index in [0.717, 1.165) is 6.42 Å². The zero-order chi connectivity index (χ0) is 18.7. The maximum atomic E-state index is 14.2. The summed E-state index contributed by atoms with van der Waals surface area (Å²) in [4.78, 5) is 25.0. The van der Waals surface area contributed by atoms with E-state index in [0.29, 0.717) is 41.7 Å². The second kappa shape index (κ2) is 8.01. The number of hydrogen-bond donors (Lipinski definition) is 3. The maximum Gasteiger partial charge on any atom is 0.255 e. The molecule has 0 radical (unpaired) electrons. The molecule has 1 aromatic heterocycles. The molecule has 3 rings (SSSR count). The first-order valence-electron chi connectivity index (χ1n) is 8.39. The quantitative estimate of drug-likeness (QED) is 0.623. The molecule has 0 saturated carbocycles. The van der Waals surface area contributed by atoms with E-state index in [4.69, 9.17) is 5.11 Å². The summed E-state index contributed by atoms with van der Waals surface area (Å²) in [5.41, 5.74) is 1.25. The standard InChI is InChI=1S/C18H19BrFN3O3/c19-11-4-5-13(12(20)9-11)22-14-10-16(25)23-7-1-3-15(23)17(14)18(26)21-6-2-8-24/h4-5,9-10,22,24H,1-3,6-8H2,(H,21,26). The number of pyridine rings is 1. The van der Waals surface area contributed by atoms with Gasteiger partial charge in [0.15, 0.2) is 0 Å². The average molecular weight is 424 g/mol. The van der Waals surface area contributed by atoms with Crippen LogP contribution in [0.2, 0.25) is 0 Å². The molecule has 1 aliphatic heterocycles. The number of carbonyl (C=O) groups excluding carboxylic acids is 1. The van der Waals surface area contributed by atoms with Crippen molar-refractivity contribution in [2.24, 2.45) is 0 Å². The molecule has 0 saturated heterocycles. The van der Waals surface area contributed by atoms with Crippen molar-refractivity contribution in [2.75, 3.05) is 18.5 Å². The van der Waals surface area contributed by atoms with Crippen LogP contribution in [0.1, 0.15) is 28.9 Å². The molecular formula is C18H19BrFN3O3. The van der Waals surface area contributed by atoms with Crippen molar-refractivity contribution in [1.29, 1.82) is 0 Å². The number of hydrogen-bond acceptors (Lipinski definition) is 4. The van der Waals surface area contributed by atoms with Crippen molar-refractivity contribution < 1.29 is 14.3 Å². The predicted molar refractivity (Wildman–Crippen MR) is 100 cm³/mol. The number of anilines is 2. The van der Waals surface area contributed by atoms with Gasteiger partial charge in [-0.25, -0.2) is 4.39 Å². The number of amides is 1. The molecule has 2 heterocycles. The van der Waals surface area contributed by atoms with Crippen LogP contribution < -0.4 is 16.2 Å². The van der Waals surface area contributed by atoms with Crippen LogP contribution in [-0.4, -0.2) is 28.7 Å². The van der Waals surface area contributed by atoms with Gasteiger partial charge in [0.2, 0.25) is 0 Å². The van der Waals surface area contributed by atoms with Crippen LogP contribution in [0.5, 0.6) is 0 Å². The Balaban J connectivity index is 2.02. The van der Waals surface area contributed by atoms with Crippen LogP contribution in [0.4, 0.5) is 15.8 Å². The third-order valence-corrected chi connectivity index (χ3v) is 4.75. The van der Waals surface area contributed by atoms with Crippen LogP contribution in [0.3, 0.4) is 0 Å². The number of aromatic nitrogens is 1. The van der Waals surface area contributed by atoms with Crippen molar-refractivity contribution in [3.63, 3.8) is 0 Å². The average Bonchev–Trinajstić information content (AvgIpc) is 3.07. The van der Waals surface area contributed by atoms with Gasteiger partial charge in [0.05, 0.1) is 16.9 Å². The Hall–Kier alpha value is -2.19. The molecule has 1 aromatic carbocycles. The molecule has 0 spiro atoms. The summed E-state index contributed by atoms with van der Waals surface area (Å²) in [5, 5.41) is 14.5. The van der Waals surface area contributed by atoms with Gasteiger partial charge >= 0.3 is 0 Å². The molecule has 1 amide bonds. The zero-order valence-electron chi connectivity index (χ0n) is 14.0. The number of fused-ring (bicyclic) bond motifs is 1. The SMILES string of the molecule is O=C(NCCCO)c1c(Nc2ccc(Br)cc2F)cc(=O)n2c1CCC2. The molecule has 26 heavy (non-hydrogen) atoms. The lowest BCUT2D eigenvalue weighted by atomic mass is 10.1. The first kappa shape index (κ1) is 18.6. The summed E-state index contributed by atoms with van der Waals surface area (Å²) in [5.74, 6) is -0.837. The molecule has 0 fully saturated rings. The van der Waals surface area contributed by atoms with Crippen LogP contribution in [0.15, 0.2) is 33.5 Å². The predicted octanol–water partition coefficient (Wildman–Crippen LogP) is 2.55. The zero-order valence-corrected chi connectivity index (χ0v) is 15.6. The Morgan fingerprint density at radius 3 is 2.85 bits per heavy atom. The van der Waals surface area contributed by atoms with E-state index in [-0.39, 0.29) is 29.4 Å². The normalized spacial score (nSPS) is 12.7. The first-order valence-corrected chi connectivity index (χ1v) is 9.18. The highest BCUT2D eigenvalue weighted by atomic mass is 79.9. The van der Waals surface area contributed by atoms with E-state index in [9.17, 15) is 14.0 Å². The van der Waals surface area contributed by atoms with Crippen molar-refractivity contribution in [2.45, 2.75) is 25.8 Å². The Bertz CT molecular complexity index is 898. The van der Waals surface area contributed by atoms with E-state index in [2.05, 4.69) is 26.6 Å². The van der Waals surface area contributed by atoms with Crippen LogP contribution in [0.25, 0.3) is 0 Å². The van der Waals surface area contributed by atoms with Crippen LogP contribution >= 0.6 is 15.9 Å². The van der Waals surface area contributed by atoms with Crippen LogP contribution in [0, 0.1) is 5.82 Å². The second-order valence-electron chi connectivity index (χ2n) is 6.06. The van der Waals surface area contributed by atoms with Gasteiger partial charge in [-0.05, 0) is 37.5 Å². The number of rotatable bonds is 6. The van der Waals surface area contributed by atoms with Crippen molar-refractivity contribution in [1.82, 2.24) is 9.88 Å². The molecule has 0 aliphatic carbocycles. The molecule has 2 aromatic rings. The summed E-state index contributed by atoms with van der Waals surface area (Å²) in [6.45, 7) is 0.861. The molecule has 1 aliphatic rings. The molecule has 3 N–H and O–H groups in total. The molecule has 138 valence electrons. The number of aliphatic hydroxyl groups excluding tert-OH is 1. The van der Waals surface area contributed by atoms with E-state index >= 15 is 0 Å². The number of aliphatic hydroxyl groups is 1. The van der Waals surface area contributed by atoms with Gasteiger partial charge in [-0.15, -0.1) is 0 Å². The van der Waals surface area contributed by atoms with Crippen molar-refractivity contribution >= 4 is 33.2 Å². The van der Waals surface area contributed by atoms with Gasteiger partial charge < -0.3 is 20.3 Å². The molecule has 8 heteroatoms. The van der Waals surface area contributed by atoms with E-state index in [1.54, 1.807) is 10.6 Å². The fourth-order valence-corrected chi connectivity index (χ4v) is 3.40. The van der Waals surface area contributed by atoms with Crippen LogP contribution in [-0.2, 0) is 13.0 Å². The van der Waals surface area contributed by atoms with Gasteiger partial charge in [-0.3, -0.25) is 9.59 Å². The van der Waals surface area contributed by atoms with E-state index in [1.165, 1.54) is 18.2 Å². The van der Waals surface area contributed by atoms with Gasteiger partial charge in [-0.1, -0.05) is 15.9 Å². The minimum absolute atomic E-state index is 0.0259. The minimum Gasteiger partial charge on any atom is -0.396 e. The number of nitrogens with one attached hydrogen (secondary N) is 2.